The van der Waals surface area contributed by atoms with E-state index in [9.17, 15) is 0 Å². The standard InChI is InChI=1S/2C8H8ClN5/c1-5-4-14(13-12-5)8-7(9)2-6(10)3-11-8;1-5-3-12-14(13-5)8-7(9)2-6(10)4-11-8/h2*2-4H,10H2,1H3. The molecule has 0 bridgehead atoms. The number of nitrogen functional groups attached to an aromatic ring is 2. The molecule has 4 aromatic rings. The number of nitrogens with zero attached hydrogens (tertiary/aromatic N) is 8. The highest BCUT2D eigenvalue weighted by Gasteiger charge is 2.07. The highest BCUT2D eigenvalue weighted by atomic mass is 35.5. The molecule has 0 atom stereocenters. The maximum absolute atomic E-state index is 5.94. The number of aromatic nitrogens is 8. The first-order valence-corrected chi connectivity index (χ1v) is 8.70. The SMILES string of the molecule is Cc1cn(-c2ncc(N)cc2Cl)nn1.Cc1cnn(-c2ncc(N)cc2Cl)n1. The van der Waals surface area contributed by atoms with Crippen LogP contribution in [0.25, 0.3) is 11.6 Å². The van der Waals surface area contributed by atoms with E-state index in [4.69, 9.17) is 34.7 Å². The Hall–Kier alpha value is -3.24. The van der Waals surface area contributed by atoms with Gasteiger partial charge in [-0.1, -0.05) is 28.4 Å². The van der Waals surface area contributed by atoms with Crippen molar-refractivity contribution in [3.05, 3.63) is 58.4 Å². The third kappa shape index (κ3) is 4.53. The molecular formula is C16H16Cl2N10. The second-order valence-electron chi connectivity index (χ2n) is 5.73. The van der Waals surface area contributed by atoms with Crippen LogP contribution < -0.4 is 11.5 Å². The first-order valence-electron chi connectivity index (χ1n) is 7.94. The van der Waals surface area contributed by atoms with E-state index in [0.717, 1.165) is 11.4 Å². The van der Waals surface area contributed by atoms with Crippen LogP contribution in [-0.2, 0) is 0 Å². The summed E-state index contributed by atoms with van der Waals surface area (Å²) in [6, 6.07) is 3.24. The highest BCUT2D eigenvalue weighted by Crippen LogP contribution is 2.20. The third-order valence-electron chi connectivity index (χ3n) is 3.31. The van der Waals surface area contributed by atoms with Crippen molar-refractivity contribution in [1.82, 2.24) is 40.0 Å². The van der Waals surface area contributed by atoms with E-state index in [1.807, 2.05) is 13.8 Å². The van der Waals surface area contributed by atoms with Crippen LogP contribution in [0.15, 0.2) is 36.9 Å². The summed E-state index contributed by atoms with van der Waals surface area (Å²) in [4.78, 5) is 9.48. The average molecular weight is 419 g/mol. The molecular weight excluding hydrogens is 403 g/mol. The number of hydrogen-bond acceptors (Lipinski definition) is 8. The number of anilines is 2. The van der Waals surface area contributed by atoms with Crippen LogP contribution in [0.3, 0.4) is 0 Å². The predicted octanol–water partition coefficient (Wildman–Crippen LogP) is 2.41. The van der Waals surface area contributed by atoms with Gasteiger partial charge in [0.1, 0.15) is 0 Å². The lowest BCUT2D eigenvalue weighted by Gasteiger charge is -2.01. The van der Waals surface area contributed by atoms with Crippen LogP contribution >= 0.6 is 23.2 Å². The van der Waals surface area contributed by atoms with Crippen molar-refractivity contribution in [3.63, 3.8) is 0 Å². The molecule has 0 aliphatic heterocycles. The van der Waals surface area contributed by atoms with Gasteiger partial charge in [-0.3, -0.25) is 0 Å². The molecule has 0 aliphatic rings. The molecule has 0 saturated carbocycles. The number of halogens is 2. The van der Waals surface area contributed by atoms with Gasteiger partial charge in [-0.2, -0.15) is 10.2 Å². The summed E-state index contributed by atoms with van der Waals surface area (Å²) in [7, 11) is 0. The van der Waals surface area contributed by atoms with Crippen LogP contribution in [-0.4, -0.2) is 40.0 Å². The summed E-state index contributed by atoms with van der Waals surface area (Å²) >= 11 is 11.9. The van der Waals surface area contributed by atoms with E-state index in [1.165, 1.54) is 21.9 Å². The summed E-state index contributed by atoms with van der Waals surface area (Å²) in [6.45, 7) is 3.68. The molecule has 0 unspecified atom stereocenters. The molecule has 4 N–H and O–H groups in total. The van der Waals surface area contributed by atoms with Crippen LogP contribution in [0.5, 0.6) is 0 Å². The summed E-state index contributed by atoms with van der Waals surface area (Å²) in [6.07, 6.45) is 6.41. The van der Waals surface area contributed by atoms with Crippen molar-refractivity contribution in [1.29, 1.82) is 0 Å². The molecule has 0 aliphatic carbocycles. The molecule has 0 radical (unpaired) electrons. The van der Waals surface area contributed by atoms with E-state index >= 15 is 0 Å². The lowest BCUT2D eigenvalue weighted by Crippen LogP contribution is -2.03. The molecule has 0 fully saturated rings. The van der Waals surface area contributed by atoms with Crippen molar-refractivity contribution < 1.29 is 0 Å². The number of nitrogens with two attached hydrogens (primary N) is 2. The monoisotopic (exact) mass is 418 g/mol. The van der Waals surface area contributed by atoms with Gasteiger partial charge in [0.15, 0.2) is 11.6 Å². The number of pyridine rings is 2. The van der Waals surface area contributed by atoms with Crippen LogP contribution in [0.4, 0.5) is 11.4 Å². The lowest BCUT2D eigenvalue weighted by molar-refractivity contribution is 0.724. The van der Waals surface area contributed by atoms with E-state index < -0.39 is 0 Å². The first-order chi connectivity index (χ1) is 13.3. The van der Waals surface area contributed by atoms with Gasteiger partial charge in [0.25, 0.3) is 0 Å². The van der Waals surface area contributed by atoms with Crippen molar-refractivity contribution in [2.45, 2.75) is 13.8 Å². The zero-order chi connectivity index (χ0) is 20.3. The van der Waals surface area contributed by atoms with E-state index in [0.29, 0.717) is 33.1 Å². The Kier molecular flexibility index (Phi) is 5.71. The Morgan fingerprint density at radius 1 is 0.857 bits per heavy atom. The Labute approximate surface area is 170 Å². The Bertz CT molecular complexity index is 1020. The highest BCUT2D eigenvalue weighted by molar-refractivity contribution is 6.32. The van der Waals surface area contributed by atoms with Crippen molar-refractivity contribution in [2.75, 3.05) is 11.5 Å². The predicted molar refractivity (Wildman–Crippen MR) is 107 cm³/mol. The summed E-state index contributed by atoms with van der Waals surface area (Å²) < 4.78 is 1.51. The quantitative estimate of drug-likeness (QED) is 0.505. The largest absolute Gasteiger partial charge is 0.397 e. The lowest BCUT2D eigenvalue weighted by atomic mass is 10.4. The van der Waals surface area contributed by atoms with Crippen molar-refractivity contribution in [2.24, 2.45) is 0 Å². The van der Waals surface area contributed by atoms with Gasteiger partial charge >= 0.3 is 0 Å². The molecule has 28 heavy (non-hydrogen) atoms. The Balaban J connectivity index is 0.000000161. The Morgan fingerprint density at radius 2 is 1.46 bits per heavy atom. The normalized spacial score (nSPS) is 10.4. The van der Waals surface area contributed by atoms with Gasteiger partial charge in [0.2, 0.25) is 0 Å². The van der Waals surface area contributed by atoms with E-state index in [1.54, 1.807) is 24.5 Å². The van der Waals surface area contributed by atoms with Gasteiger partial charge in [-0.25, -0.2) is 14.6 Å². The fourth-order valence-corrected chi connectivity index (χ4v) is 2.61. The summed E-state index contributed by atoms with van der Waals surface area (Å²) in [5.41, 5.74) is 13.7. The van der Waals surface area contributed by atoms with Gasteiger partial charge in [0.05, 0.1) is 57.6 Å². The summed E-state index contributed by atoms with van der Waals surface area (Å²) in [5, 5.41) is 16.7. The minimum atomic E-state index is 0.431. The molecule has 4 heterocycles. The fraction of sp³-hybridized carbons (Fsp3) is 0.125. The third-order valence-corrected chi connectivity index (χ3v) is 3.86. The average Bonchev–Trinajstić information content (AvgIpc) is 3.24. The molecule has 0 amide bonds. The molecule has 4 aromatic heterocycles. The molecule has 0 aromatic carbocycles. The van der Waals surface area contributed by atoms with Crippen LogP contribution in [0.2, 0.25) is 10.0 Å². The minimum Gasteiger partial charge on any atom is -0.397 e. The van der Waals surface area contributed by atoms with Crippen LogP contribution in [0, 0.1) is 13.8 Å². The smallest absolute Gasteiger partial charge is 0.193 e. The van der Waals surface area contributed by atoms with Crippen molar-refractivity contribution >= 4 is 34.6 Å². The Morgan fingerprint density at radius 3 is 1.93 bits per heavy atom. The number of aryl methyl sites for hydroxylation is 2. The van der Waals surface area contributed by atoms with E-state index in [-0.39, 0.29) is 0 Å². The molecule has 0 saturated heterocycles. The van der Waals surface area contributed by atoms with Gasteiger partial charge in [0, 0.05) is 0 Å². The topological polar surface area (TPSA) is 139 Å². The number of hydrogen-bond donors (Lipinski definition) is 2. The second-order valence-corrected chi connectivity index (χ2v) is 6.54. The summed E-state index contributed by atoms with van der Waals surface area (Å²) in [5.74, 6) is 1.01. The molecule has 4 rings (SSSR count). The van der Waals surface area contributed by atoms with Crippen LogP contribution in [0.1, 0.15) is 11.4 Å². The van der Waals surface area contributed by atoms with E-state index in [2.05, 4.69) is 30.5 Å². The van der Waals surface area contributed by atoms with Gasteiger partial charge in [-0.15, -0.1) is 9.90 Å². The zero-order valence-electron chi connectivity index (χ0n) is 15.0. The van der Waals surface area contributed by atoms with Gasteiger partial charge < -0.3 is 11.5 Å². The second kappa shape index (κ2) is 8.19. The number of rotatable bonds is 2. The molecule has 0 spiro atoms. The molecule has 10 nitrogen and oxygen atoms in total. The maximum atomic E-state index is 5.94. The molecule has 144 valence electrons. The first kappa shape index (κ1) is 19.5. The van der Waals surface area contributed by atoms with Gasteiger partial charge in [-0.05, 0) is 26.0 Å². The molecule has 12 heteroatoms. The van der Waals surface area contributed by atoms with Crippen molar-refractivity contribution in [3.8, 4) is 11.6 Å². The maximum Gasteiger partial charge on any atom is 0.193 e. The minimum absolute atomic E-state index is 0.431. The fourth-order valence-electron chi connectivity index (χ4n) is 2.10. The zero-order valence-corrected chi connectivity index (χ0v) is 16.5.